The van der Waals surface area contributed by atoms with E-state index in [1.54, 1.807) is 0 Å². The van der Waals surface area contributed by atoms with Crippen molar-refractivity contribution >= 4 is 29.0 Å². The van der Waals surface area contributed by atoms with Crippen LogP contribution in [0.15, 0.2) is 0 Å². The van der Waals surface area contributed by atoms with E-state index in [4.69, 9.17) is 4.74 Å². The van der Waals surface area contributed by atoms with Crippen LogP contribution < -0.4 is 0 Å². The van der Waals surface area contributed by atoms with Crippen molar-refractivity contribution in [2.75, 3.05) is 26.2 Å². The van der Waals surface area contributed by atoms with Gasteiger partial charge in [0.25, 0.3) is 0 Å². The van der Waals surface area contributed by atoms with E-state index in [1.807, 2.05) is 4.90 Å². The molecule has 2 rings (SSSR count). The molecule has 0 spiro atoms. The number of halogens is 1. The van der Waals surface area contributed by atoms with E-state index in [0.717, 1.165) is 19.6 Å². The molecule has 0 aliphatic carbocycles. The summed E-state index contributed by atoms with van der Waals surface area (Å²) in [6.45, 7) is 3.27. The molecule has 1 amide bonds. The van der Waals surface area contributed by atoms with Gasteiger partial charge in [0.15, 0.2) is 0 Å². The van der Waals surface area contributed by atoms with Crippen molar-refractivity contribution in [1.29, 1.82) is 0 Å². The number of carbonyl (C=O) groups excluding carboxylic acids is 1. The Kier molecular flexibility index (Phi) is 1.92. The van der Waals surface area contributed by atoms with Gasteiger partial charge in [0.2, 0.25) is 0 Å². The summed E-state index contributed by atoms with van der Waals surface area (Å²) < 4.78 is 7.10. The quantitative estimate of drug-likeness (QED) is 0.473. The van der Waals surface area contributed by atoms with Gasteiger partial charge in [-0.2, -0.15) is 0 Å². The van der Waals surface area contributed by atoms with Crippen LogP contribution in [-0.2, 0) is 4.74 Å². The minimum Gasteiger partial charge on any atom is -0.447 e. The Bertz CT molecular complexity index is 187. The number of fused-ring (bicyclic) bond motifs is 1. The molecule has 0 unspecified atom stereocenters. The molecule has 2 aliphatic rings. The largest absolute Gasteiger partial charge is 0.447 e. The van der Waals surface area contributed by atoms with Gasteiger partial charge in [-0.1, -0.05) is 0 Å². The average molecular weight is 268 g/mol. The molecular weight excluding hydrogens is 259 g/mol. The minimum atomic E-state index is -0.139. The summed E-state index contributed by atoms with van der Waals surface area (Å²) in [4.78, 5) is 12.8. The van der Waals surface area contributed by atoms with Gasteiger partial charge in [0.1, 0.15) is 6.61 Å². The third-order valence-corrected chi connectivity index (χ3v) is 2.94. The van der Waals surface area contributed by atoms with Crippen LogP contribution in [0.4, 0.5) is 4.79 Å². The molecule has 0 radical (unpaired) electrons. The summed E-state index contributed by atoms with van der Waals surface area (Å²) in [5.41, 5.74) is 0. The topological polar surface area (TPSA) is 32.8 Å². The summed E-state index contributed by atoms with van der Waals surface area (Å²) in [7, 11) is 0. The zero-order valence-electron chi connectivity index (χ0n) is 5.99. The van der Waals surface area contributed by atoms with Crippen LogP contribution >= 0.6 is 22.9 Å². The number of nitrogens with zero attached hydrogens (tertiary/aromatic N) is 2. The molecule has 0 aromatic rings. The lowest BCUT2D eigenvalue weighted by molar-refractivity contribution is 0.151. The van der Waals surface area contributed by atoms with Gasteiger partial charge < -0.3 is 4.74 Å². The number of hydrogen-bond acceptors (Lipinski definition) is 3. The Balaban J connectivity index is 2.06. The van der Waals surface area contributed by atoms with Crippen molar-refractivity contribution in [3.05, 3.63) is 0 Å². The van der Waals surface area contributed by atoms with Crippen LogP contribution in [-0.4, -0.2) is 46.4 Å². The zero-order chi connectivity index (χ0) is 7.84. The van der Waals surface area contributed by atoms with Crippen molar-refractivity contribution in [2.45, 2.75) is 6.04 Å². The molecule has 0 aromatic heterocycles. The second-order valence-corrected chi connectivity index (χ2v) is 4.16. The van der Waals surface area contributed by atoms with E-state index in [9.17, 15) is 4.79 Å². The van der Waals surface area contributed by atoms with Gasteiger partial charge in [-0.3, -0.25) is 4.90 Å². The first-order valence-corrected chi connectivity index (χ1v) is 4.58. The lowest BCUT2D eigenvalue weighted by Crippen LogP contribution is -2.48. The molecule has 11 heavy (non-hydrogen) atoms. The van der Waals surface area contributed by atoms with Gasteiger partial charge in [-0.05, 0) is 0 Å². The van der Waals surface area contributed by atoms with Gasteiger partial charge in [-0.25, -0.2) is 7.91 Å². The van der Waals surface area contributed by atoms with Crippen molar-refractivity contribution in [3.63, 3.8) is 0 Å². The van der Waals surface area contributed by atoms with E-state index < -0.39 is 0 Å². The molecule has 0 saturated carbocycles. The van der Waals surface area contributed by atoms with E-state index in [2.05, 4.69) is 26.0 Å². The molecule has 0 N–H and O–H groups in total. The maximum atomic E-state index is 11.0. The molecule has 5 heteroatoms. The second-order valence-electron chi connectivity index (χ2n) is 2.79. The van der Waals surface area contributed by atoms with E-state index in [0.29, 0.717) is 12.6 Å². The highest BCUT2D eigenvalue weighted by molar-refractivity contribution is 14.1. The predicted molar refractivity (Wildman–Crippen MR) is 47.4 cm³/mol. The molecule has 0 bridgehead atoms. The number of hydrogen-bond donors (Lipinski definition) is 0. The fraction of sp³-hybridized carbons (Fsp3) is 0.833. The van der Waals surface area contributed by atoms with Gasteiger partial charge >= 0.3 is 6.09 Å². The molecule has 1 atom stereocenters. The first-order valence-electron chi connectivity index (χ1n) is 3.61. The molecular formula is C6H9IN2O2. The fourth-order valence-corrected chi connectivity index (χ4v) is 2.12. The first kappa shape index (κ1) is 7.60. The summed E-state index contributed by atoms with van der Waals surface area (Å²) >= 11 is 2.28. The van der Waals surface area contributed by atoms with E-state index in [1.165, 1.54) is 0 Å². The van der Waals surface area contributed by atoms with Crippen LogP contribution in [0.2, 0.25) is 0 Å². The Labute approximate surface area is 79.0 Å². The number of carbonyl (C=O) groups is 1. The number of rotatable bonds is 0. The van der Waals surface area contributed by atoms with Crippen LogP contribution in [0.25, 0.3) is 0 Å². The van der Waals surface area contributed by atoms with Gasteiger partial charge in [0, 0.05) is 42.5 Å². The smallest absolute Gasteiger partial charge is 0.410 e. The van der Waals surface area contributed by atoms with Gasteiger partial charge in [-0.15, -0.1) is 0 Å². The summed E-state index contributed by atoms with van der Waals surface area (Å²) in [6, 6.07) is 0.299. The van der Waals surface area contributed by atoms with Crippen molar-refractivity contribution < 1.29 is 9.53 Å². The van der Waals surface area contributed by atoms with Crippen LogP contribution in [0.1, 0.15) is 0 Å². The molecule has 4 nitrogen and oxygen atoms in total. The highest BCUT2D eigenvalue weighted by Crippen LogP contribution is 2.19. The Morgan fingerprint density at radius 2 is 2.36 bits per heavy atom. The van der Waals surface area contributed by atoms with Crippen LogP contribution in [0.5, 0.6) is 0 Å². The maximum absolute atomic E-state index is 11.0. The second kappa shape index (κ2) is 2.78. The molecule has 0 aromatic carbocycles. The lowest BCUT2D eigenvalue weighted by atomic mass is 10.2. The normalized spacial score (nSPS) is 31.9. The zero-order valence-corrected chi connectivity index (χ0v) is 8.15. The minimum absolute atomic E-state index is 0.139. The third kappa shape index (κ3) is 1.31. The molecule has 2 heterocycles. The Morgan fingerprint density at radius 1 is 1.55 bits per heavy atom. The summed E-state index contributed by atoms with van der Waals surface area (Å²) in [5, 5.41) is 0. The Morgan fingerprint density at radius 3 is 3.18 bits per heavy atom. The number of cyclic esters (lactones) is 1. The number of ether oxygens (including phenoxy) is 1. The summed E-state index contributed by atoms with van der Waals surface area (Å²) in [5.74, 6) is 0. The van der Waals surface area contributed by atoms with Crippen LogP contribution in [0, 0.1) is 0 Å². The van der Waals surface area contributed by atoms with E-state index >= 15 is 0 Å². The van der Waals surface area contributed by atoms with Gasteiger partial charge in [0.05, 0.1) is 6.04 Å². The third-order valence-electron chi connectivity index (χ3n) is 2.07. The Hall–Kier alpha value is -0.0400. The van der Waals surface area contributed by atoms with E-state index in [-0.39, 0.29) is 6.09 Å². The van der Waals surface area contributed by atoms with Crippen molar-refractivity contribution in [1.82, 2.24) is 8.01 Å². The molecule has 2 fully saturated rings. The summed E-state index contributed by atoms with van der Waals surface area (Å²) in [6.07, 6.45) is -0.139. The maximum Gasteiger partial charge on any atom is 0.410 e. The van der Waals surface area contributed by atoms with Crippen LogP contribution in [0.3, 0.4) is 0 Å². The van der Waals surface area contributed by atoms with Crippen molar-refractivity contribution in [2.24, 2.45) is 0 Å². The average Bonchev–Trinajstić information content (AvgIpc) is 2.32. The fourth-order valence-electron chi connectivity index (χ4n) is 1.45. The first-order chi connectivity index (χ1) is 5.27. The molecule has 2 aliphatic heterocycles. The monoisotopic (exact) mass is 268 g/mol. The number of amides is 1. The number of piperazine rings is 1. The standard InChI is InChI=1S/C6H9IN2O2/c7-8-1-2-9-5(3-8)4-11-6(9)10/h5H,1-4H2/t5-/m1/s1. The predicted octanol–water partition coefficient (Wildman–Crippen LogP) is 0.473. The molecule has 62 valence electrons. The highest BCUT2D eigenvalue weighted by Gasteiger charge is 2.36. The molecule has 2 saturated heterocycles. The SMILES string of the molecule is O=C1OC[C@H]2CN(I)CCN12. The highest BCUT2D eigenvalue weighted by atomic mass is 127. The van der Waals surface area contributed by atoms with Crippen molar-refractivity contribution in [3.8, 4) is 0 Å². The lowest BCUT2D eigenvalue weighted by Gasteiger charge is -2.31.